The number of hydrogen-bond donors (Lipinski definition) is 1. The standard InChI is InChI=1S/C25H40N4O2/c1-7-9-17-16-18(28(5)6)12-13-21(17)29-15-14-20(24(29)31)27-23(30)19-10-8-11-22(26-19)25(2,3)4/h8,10-11,17-18,20-21H,7,9,12-16H2,1-6H3,(H,27,30)/t17-,18-,20+,21+/m1/s1. The molecule has 1 N–H and O–H groups in total. The SMILES string of the molecule is CCC[C@@H]1C[C@H](N(C)C)CC[C@@H]1N1CC[C@H](NC(=O)c2cccc(C(C)(C)C)n2)C1=O. The average molecular weight is 429 g/mol. The van der Waals surface area contributed by atoms with Gasteiger partial charge in [0, 0.05) is 29.7 Å². The Hall–Kier alpha value is -1.95. The van der Waals surface area contributed by atoms with Crippen molar-refractivity contribution >= 4 is 11.8 Å². The van der Waals surface area contributed by atoms with Crippen molar-refractivity contribution in [2.24, 2.45) is 5.92 Å². The van der Waals surface area contributed by atoms with Gasteiger partial charge in [-0.3, -0.25) is 9.59 Å². The summed E-state index contributed by atoms with van der Waals surface area (Å²) in [5.74, 6) is 0.358. The van der Waals surface area contributed by atoms with Crippen molar-refractivity contribution in [2.45, 2.75) is 89.8 Å². The number of likely N-dealkylation sites (tertiary alicyclic amines) is 1. The lowest BCUT2D eigenvalue weighted by Crippen LogP contribution is -2.50. The highest BCUT2D eigenvalue weighted by Gasteiger charge is 2.42. The highest BCUT2D eigenvalue weighted by Crippen LogP contribution is 2.35. The maximum atomic E-state index is 13.2. The summed E-state index contributed by atoms with van der Waals surface area (Å²) in [6.07, 6.45) is 6.29. The van der Waals surface area contributed by atoms with E-state index in [1.54, 1.807) is 6.07 Å². The van der Waals surface area contributed by atoms with Gasteiger partial charge in [0.1, 0.15) is 11.7 Å². The fraction of sp³-hybridized carbons (Fsp3) is 0.720. The van der Waals surface area contributed by atoms with Gasteiger partial charge in [-0.25, -0.2) is 4.98 Å². The van der Waals surface area contributed by atoms with Crippen molar-refractivity contribution in [2.75, 3.05) is 20.6 Å². The van der Waals surface area contributed by atoms with Crippen LogP contribution >= 0.6 is 0 Å². The van der Waals surface area contributed by atoms with E-state index in [0.29, 0.717) is 30.1 Å². The zero-order valence-corrected chi connectivity index (χ0v) is 20.1. The fourth-order valence-electron chi connectivity index (χ4n) is 5.16. The molecule has 3 rings (SSSR count). The average Bonchev–Trinajstić information content (AvgIpc) is 3.07. The van der Waals surface area contributed by atoms with Crippen molar-refractivity contribution in [1.29, 1.82) is 0 Å². The number of pyridine rings is 1. The Kier molecular flexibility index (Phi) is 7.40. The number of nitrogens with one attached hydrogen (secondary N) is 1. The van der Waals surface area contributed by atoms with E-state index < -0.39 is 6.04 Å². The normalized spacial score (nSPS) is 27.1. The van der Waals surface area contributed by atoms with Crippen LogP contribution in [0, 0.1) is 5.92 Å². The van der Waals surface area contributed by atoms with Crippen LogP contribution in [-0.2, 0) is 10.2 Å². The summed E-state index contributed by atoms with van der Waals surface area (Å²) in [5.41, 5.74) is 1.13. The quantitative estimate of drug-likeness (QED) is 0.752. The first-order valence-electron chi connectivity index (χ1n) is 11.9. The molecule has 1 aliphatic heterocycles. The number of aromatic nitrogens is 1. The molecule has 2 fully saturated rings. The first kappa shape index (κ1) is 23.7. The summed E-state index contributed by atoms with van der Waals surface area (Å²) < 4.78 is 0. The van der Waals surface area contributed by atoms with E-state index in [4.69, 9.17) is 0 Å². The zero-order chi connectivity index (χ0) is 22.8. The minimum Gasteiger partial charge on any atom is -0.339 e. The number of amides is 2. The smallest absolute Gasteiger partial charge is 0.270 e. The molecule has 1 aliphatic carbocycles. The lowest BCUT2D eigenvalue weighted by molar-refractivity contribution is -0.133. The van der Waals surface area contributed by atoms with Gasteiger partial charge in [0.05, 0.1) is 0 Å². The molecular weight excluding hydrogens is 388 g/mol. The Balaban J connectivity index is 1.66. The van der Waals surface area contributed by atoms with E-state index in [1.165, 1.54) is 0 Å². The second-order valence-corrected chi connectivity index (χ2v) is 10.6. The van der Waals surface area contributed by atoms with Gasteiger partial charge in [-0.15, -0.1) is 0 Å². The maximum Gasteiger partial charge on any atom is 0.270 e. The number of carbonyl (C=O) groups is 2. The fourth-order valence-corrected chi connectivity index (χ4v) is 5.16. The lowest BCUT2D eigenvalue weighted by atomic mass is 9.78. The summed E-state index contributed by atoms with van der Waals surface area (Å²) in [7, 11) is 4.31. The predicted molar refractivity (Wildman–Crippen MR) is 124 cm³/mol. The van der Waals surface area contributed by atoms with Gasteiger partial charge in [-0.05, 0) is 64.3 Å². The molecule has 0 radical (unpaired) electrons. The summed E-state index contributed by atoms with van der Waals surface area (Å²) in [6.45, 7) is 9.19. The highest BCUT2D eigenvalue weighted by molar-refractivity contribution is 5.96. The number of carbonyl (C=O) groups excluding carboxylic acids is 2. The Morgan fingerprint density at radius 2 is 1.97 bits per heavy atom. The molecule has 2 heterocycles. The predicted octanol–water partition coefficient (Wildman–Crippen LogP) is 3.61. The first-order chi connectivity index (χ1) is 14.6. The van der Waals surface area contributed by atoms with Crippen LogP contribution in [0.3, 0.4) is 0 Å². The summed E-state index contributed by atoms with van der Waals surface area (Å²) >= 11 is 0. The Labute approximate surface area is 187 Å². The monoisotopic (exact) mass is 428 g/mol. The van der Waals surface area contributed by atoms with Crippen molar-refractivity contribution < 1.29 is 9.59 Å². The van der Waals surface area contributed by atoms with Crippen molar-refractivity contribution in [3.8, 4) is 0 Å². The van der Waals surface area contributed by atoms with Crippen molar-refractivity contribution in [3.63, 3.8) is 0 Å². The highest BCUT2D eigenvalue weighted by atomic mass is 16.2. The van der Waals surface area contributed by atoms with E-state index in [-0.39, 0.29) is 17.2 Å². The summed E-state index contributed by atoms with van der Waals surface area (Å²) in [6, 6.07) is 5.99. The van der Waals surface area contributed by atoms with E-state index in [2.05, 4.69) is 61.9 Å². The van der Waals surface area contributed by atoms with Crippen LogP contribution in [-0.4, -0.2) is 65.4 Å². The summed E-state index contributed by atoms with van der Waals surface area (Å²) in [4.78, 5) is 35.0. The van der Waals surface area contributed by atoms with Crippen LogP contribution in [0.25, 0.3) is 0 Å². The van der Waals surface area contributed by atoms with Gasteiger partial charge in [0.15, 0.2) is 0 Å². The molecule has 2 amide bonds. The topological polar surface area (TPSA) is 65.5 Å². The molecule has 2 aliphatic rings. The third-order valence-corrected chi connectivity index (χ3v) is 7.00. The molecule has 31 heavy (non-hydrogen) atoms. The van der Waals surface area contributed by atoms with Gasteiger partial charge in [-0.2, -0.15) is 0 Å². The number of rotatable bonds is 6. The second-order valence-electron chi connectivity index (χ2n) is 10.6. The molecular formula is C25H40N4O2. The Bertz CT molecular complexity index is 786. The van der Waals surface area contributed by atoms with E-state index in [0.717, 1.165) is 44.3 Å². The Morgan fingerprint density at radius 1 is 1.23 bits per heavy atom. The molecule has 172 valence electrons. The van der Waals surface area contributed by atoms with Crippen LogP contribution in [0.5, 0.6) is 0 Å². The molecule has 1 aromatic rings. The molecule has 0 bridgehead atoms. The van der Waals surface area contributed by atoms with Gasteiger partial charge in [-0.1, -0.05) is 40.2 Å². The molecule has 0 aromatic carbocycles. The van der Waals surface area contributed by atoms with Crippen molar-refractivity contribution in [3.05, 3.63) is 29.6 Å². The molecule has 1 aromatic heterocycles. The zero-order valence-electron chi connectivity index (χ0n) is 20.1. The molecule has 0 unspecified atom stereocenters. The van der Waals surface area contributed by atoms with Gasteiger partial charge >= 0.3 is 0 Å². The molecule has 6 nitrogen and oxygen atoms in total. The molecule has 4 atom stereocenters. The van der Waals surface area contributed by atoms with Gasteiger partial charge in [0.2, 0.25) is 5.91 Å². The van der Waals surface area contributed by atoms with Crippen LogP contribution in [0.15, 0.2) is 18.2 Å². The molecule has 0 spiro atoms. The van der Waals surface area contributed by atoms with E-state index in [9.17, 15) is 9.59 Å². The molecule has 6 heteroatoms. The number of hydrogen-bond acceptors (Lipinski definition) is 4. The lowest BCUT2D eigenvalue weighted by Gasteiger charge is -2.43. The molecule has 1 saturated carbocycles. The van der Waals surface area contributed by atoms with E-state index in [1.807, 2.05) is 12.1 Å². The van der Waals surface area contributed by atoms with Crippen LogP contribution in [0.2, 0.25) is 0 Å². The van der Waals surface area contributed by atoms with Gasteiger partial charge in [0.25, 0.3) is 5.91 Å². The second kappa shape index (κ2) is 9.68. The minimum absolute atomic E-state index is 0.0785. The summed E-state index contributed by atoms with van der Waals surface area (Å²) in [5, 5.41) is 2.97. The van der Waals surface area contributed by atoms with E-state index >= 15 is 0 Å². The first-order valence-corrected chi connectivity index (χ1v) is 11.9. The van der Waals surface area contributed by atoms with Crippen molar-refractivity contribution in [1.82, 2.24) is 20.1 Å². The maximum absolute atomic E-state index is 13.2. The Morgan fingerprint density at radius 3 is 2.61 bits per heavy atom. The minimum atomic E-state index is -0.443. The largest absolute Gasteiger partial charge is 0.339 e. The van der Waals surface area contributed by atoms with Gasteiger partial charge < -0.3 is 15.1 Å². The molecule has 1 saturated heterocycles. The van der Waals surface area contributed by atoms with Crippen LogP contribution in [0.4, 0.5) is 0 Å². The number of nitrogens with zero attached hydrogens (tertiary/aromatic N) is 3. The third-order valence-electron chi connectivity index (χ3n) is 7.00. The third kappa shape index (κ3) is 5.46. The van der Waals surface area contributed by atoms with Crippen LogP contribution < -0.4 is 5.32 Å². The van der Waals surface area contributed by atoms with Crippen LogP contribution in [0.1, 0.15) is 82.4 Å².